The van der Waals surface area contributed by atoms with E-state index in [1.54, 1.807) is 24.3 Å². The molecule has 6 heteroatoms. The van der Waals surface area contributed by atoms with Gasteiger partial charge < -0.3 is 19.9 Å². The van der Waals surface area contributed by atoms with Gasteiger partial charge in [0.2, 0.25) is 0 Å². The van der Waals surface area contributed by atoms with Crippen LogP contribution in [0.1, 0.15) is 24.2 Å². The molecular weight excluding hydrogens is 262 g/mol. The number of rotatable bonds is 7. The maximum Gasteiger partial charge on any atom is 0.334 e. The van der Waals surface area contributed by atoms with Gasteiger partial charge in [0.1, 0.15) is 5.75 Å². The first-order valence-electron chi connectivity index (χ1n) is 6.25. The molecule has 6 nitrogen and oxygen atoms in total. The van der Waals surface area contributed by atoms with E-state index in [0.29, 0.717) is 11.3 Å². The predicted molar refractivity (Wildman–Crippen MR) is 73.0 cm³/mol. The van der Waals surface area contributed by atoms with Crippen molar-refractivity contribution in [3.05, 3.63) is 29.8 Å². The van der Waals surface area contributed by atoms with E-state index in [1.807, 2.05) is 13.8 Å². The van der Waals surface area contributed by atoms with Crippen LogP contribution in [0.5, 0.6) is 5.75 Å². The average molecular weight is 281 g/mol. The molecule has 0 aliphatic rings. The summed E-state index contributed by atoms with van der Waals surface area (Å²) in [5.74, 6) is -1.06. The van der Waals surface area contributed by atoms with E-state index in [0.717, 1.165) is 0 Å². The number of nitrogens with one attached hydrogen (secondary N) is 1. The summed E-state index contributed by atoms with van der Waals surface area (Å²) < 4.78 is 10.3. The highest BCUT2D eigenvalue weighted by Gasteiger charge is 2.19. The zero-order valence-corrected chi connectivity index (χ0v) is 11.8. The summed E-state index contributed by atoms with van der Waals surface area (Å²) in [6.45, 7) is 3.61. The van der Waals surface area contributed by atoms with Gasteiger partial charge in [-0.3, -0.25) is 4.79 Å². The summed E-state index contributed by atoms with van der Waals surface area (Å²) in [5.41, 5.74) is 0.362. The fraction of sp³-hybridized carbons (Fsp3) is 0.429. The van der Waals surface area contributed by atoms with Crippen molar-refractivity contribution in [2.24, 2.45) is 0 Å². The maximum atomic E-state index is 12.1. The van der Waals surface area contributed by atoms with Crippen LogP contribution in [0.15, 0.2) is 24.3 Å². The van der Waals surface area contributed by atoms with E-state index >= 15 is 0 Å². The Hall–Kier alpha value is -2.08. The smallest absolute Gasteiger partial charge is 0.334 e. The minimum Gasteiger partial charge on any atom is -0.490 e. The van der Waals surface area contributed by atoms with Gasteiger partial charge in [-0.2, -0.15) is 0 Å². The van der Waals surface area contributed by atoms with E-state index in [1.165, 1.54) is 7.11 Å². The third-order valence-corrected chi connectivity index (χ3v) is 2.50. The largest absolute Gasteiger partial charge is 0.490 e. The van der Waals surface area contributed by atoms with E-state index in [4.69, 9.17) is 14.6 Å². The van der Waals surface area contributed by atoms with E-state index < -0.39 is 18.0 Å². The predicted octanol–water partition coefficient (Wildman–Crippen LogP) is 1.30. The van der Waals surface area contributed by atoms with Gasteiger partial charge in [-0.25, -0.2) is 4.79 Å². The minimum absolute atomic E-state index is 0.0605. The number of carboxylic acid groups (broad SMARTS) is 1. The van der Waals surface area contributed by atoms with Gasteiger partial charge in [-0.1, -0.05) is 12.1 Å². The molecule has 1 aromatic rings. The van der Waals surface area contributed by atoms with Gasteiger partial charge in [0.25, 0.3) is 5.91 Å². The first-order chi connectivity index (χ1) is 9.45. The molecule has 1 rings (SSSR count). The van der Waals surface area contributed by atoms with E-state index in [-0.39, 0.29) is 12.6 Å². The average Bonchev–Trinajstić information content (AvgIpc) is 2.38. The summed E-state index contributed by atoms with van der Waals surface area (Å²) in [5, 5.41) is 11.3. The van der Waals surface area contributed by atoms with Crippen molar-refractivity contribution < 1.29 is 24.2 Å². The van der Waals surface area contributed by atoms with E-state index in [9.17, 15) is 9.59 Å². The number of carboxylic acids is 1. The Morgan fingerprint density at radius 1 is 1.30 bits per heavy atom. The van der Waals surface area contributed by atoms with Crippen molar-refractivity contribution in [3.63, 3.8) is 0 Å². The highest BCUT2D eigenvalue weighted by Crippen LogP contribution is 2.19. The molecule has 0 saturated carbocycles. The van der Waals surface area contributed by atoms with Gasteiger partial charge in [0.05, 0.1) is 18.2 Å². The van der Waals surface area contributed by atoms with Crippen LogP contribution in [0.4, 0.5) is 0 Å². The van der Waals surface area contributed by atoms with Crippen molar-refractivity contribution in [1.29, 1.82) is 0 Å². The van der Waals surface area contributed by atoms with Crippen molar-refractivity contribution in [1.82, 2.24) is 5.32 Å². The molecule has 0 bridgehead atoms. The van der Waals surface area contributed by atoms with Gasteiger partial charge in [0.15, 0.2) is 6.10 Å². The van der Waals surface area contributed by atoms with Crippen LogP contribution in [0.25, 0.3) is 0 Å². The third-order valence-electron chi connectivity index (χ3n) is 2.50. The first kappa shape index (κ1) is 16.0. The molecule has 0 radical (unpaired) electrons. The Morgan fingerprint density at radius 3 is 2.50 bits per heavy atom. The van der Waals surface area contributed by atoms with Crippen LogP contribution in [-0.2, 0) is 9.53 Å². The second kappa shape index (κ2) is 7.49. The summed E-state index contributed by atoms with van der Waals surface area (Å²) >= 11 is 0. The molecule has 0 fully saturated rings. The zero-order chi connectivity index (χ0) is 15.1. The van der Waals surface area contributed by atoms with Crippen molar-refractivity contribution in [2.75, 3.05) is 13.7 Å². The number of aliphatic carboxylic acids is 1. The van der Waals surface area contributed by atoms with Gasteiger partial charge in [0, 0.05) is 7.11 Å². The number of ether oxygens (including phenoxy) is 2. The Morgan fingerprint density at radius 2 is 1.95 bits per heavy atom. The summed E-state index contributed by atoms with van der Waals surface area (Å²) in [6.07, 6.45) is -1.13. The van der Waals surface area contributed by atoms with Crippen LogP contribution in [-0.4, -0.2) is 42.8 Å². The van der Waals surface area contributed by atoms with Crippen LogP contribution in [0.2, 0.25) is 0 Å². The Labute approximate surface area is 117 Å². The number of carbonyl (C=O) groups is 2. The monoisotopic (exact) mass is 281 g/mol. The van der Waals surface area contributed by atoms with Crippen molar-refractivity contribution in [2.45, 2.75) is 26.1 Å². The zero-order valence-electron chi connectivity index (χ0n) is 11.8. The number of para-hydroxylation sites is 1. The molecule has 20 heavy (non-hydrogen) atoms. The number of hydrogen-bond acceptors (Lipinski definition) is 4. The number of carbonyl (C=O) groups excluding carboxylic acids is 1. The Bertz CT molecular complexity index is 472. The second-order valence-corrected chi connectivity index (χ2v) is 4.44. The van der Waals surface area contributed by atoms with Gasteiger partial charge in [-0.15, -0.1) is 0 Å². The molecule has 2 N–H and O–H groups in total. The lowest BCUT2D eigenvalue weighted by molar-refractivity contribution is -0.148. The van der Waals surface area contributed by atoms with Gasteiger partial charge >= 0.3 is 5.97 Å². The summed E-state index contributed by atoms with van der Waals surface area (Å²) in [7, 11) is 1.28. The minimum atomic E-state index is -1.13. The molecule has 0 saturated heterocycles. The number of hydrogen-bond donors (Lipinski definition) is 2. The lowest BCUT2D eigenvalue weighted by Crippen LogP contribution is -2.38. The van der Waals surface area contributed by atoms with Crippen molar-refractivity contribution >= 4 is 11.9 Å². The molecule has 110 valence electrons. The number of benzene rings is 1. The molecule has 0 spiro atoms. The highest BCUT2D eigenvalue weighted by atomic mass is 16.5. The molecule has 1 amide bonds. The lowest BCUT2D eigenvalue weighted by atomic mass is 10.2. The Balaban J connectivity index is 2.74. The quantitative estimate of drug-likeness (QED) is 0.787. The molecule has 1 unspecified atom stereocenters. The number of methoxy groups -OCH3 is 1. The molecule has 0 heterocycles. The second-order valence-electron chi connectivity index (χ2n) is 4.44. The van der Waals surface area contributed by atoms with Gasteiger partial charge in [-0.05, 0) is 26.0 Å². The molecule has 0 aromatic heterocycles. The fourth-order valence-electron chi connectivity index (χ4n) is 1.56. The fourth-order valence-corrected chi connectivity index (χ4v) is 1.56. The molecule has 0 aliphatic heterocycles. The maximum absolute atomic E-state index is 12.1. The Kier molecular flexibility index (Phi) is 5.99. The normalized spacial score (nSPS) is 12.0. The molecule has 1 aromatic carbocycles. The summed E-state index contributed by atoms with van der Waals surface area (Å²) in [4.78, 5) is 22.8. The van der Waals surface area contributed by atoms with Crippen molar-refractivity contribution in [3.8, 4) is 5.75 Å². The highest BCUT2D eigenvalue weighted by molar-refractivity contribution is 5.97. The standard InChI is InChI=1S/C14H19NO5/c1-9(2)20-11-7-5-4-6-10(11)13(16)15-8-12(19-3)14(17)18/h4-7,9,12H,8H2,1-3H3,(H,15,16)(H,17,18). The van der Waals surface area contributed by atoms with Crippen LogP contribution >= 0.6 is 0 Å². The molecule has 0 aliphatic carbocycles. The molecule has 1 atom stereocenters. The first-order valence-corrected chi connectivity index (χ1v) is 6.25. The van der Waals surface area contributed by atoms with Crippen LogP contribution < -0.4 is 10.1 Å². The third kappa shape index (κ3) is 4.55. The van der Waals surface area contributed by atoms with Crippen LogP contribution in [0.3, 0.4) is 0 Å². The topological polar surface area (TPSA) is 84.9 Å². The number of amides is 1. The lowest BCUT2D eigenvalue weighted by Gasteiger charge is -2.15. The summed E-state index contributed by atoms with van der Waals surface area (Å²) in [6, 6.07) is 6.80. The van der Waals surface area contributed by atoms with E-state index in [2.05, 4.69) is 5.32 Å². The SMILES string of the molecule is COC(CNC(=O)c1ccccc1OC(C)C)C(=O)O. The molecular formula is C14H19NO5. The van der Waals surface area contributed by atoms with Crippen LogP contribution in [0, 0.1) is 0 Å².